The van der Waals surface area contributed by atoms with Gasteiger partial charge in [-0.25, -0.2) is 0 Å². The fourth-order valence-electron chi connectivity index (χ4n) is 2.54. The van der Waals surface area contributed by atoms with Gasteiger partial charge in [-0.15, -0.1) is 0 Å². The Bertz CT molecular complexity index is 398. The average Bonchev–Trinajstić information content (AvgIpc) is 2.39. The van der Waals surface area contributed by atoms with E-state index in [1.165, 1.54) is 36.1 Å². The number of nitrogens with one attached hydrogen (secondary N) is 1. The molecule has 0 amide bonds. The molecule has 2 heteroatoms. The average molecular weight is 244 g/mol. The highest BCUT2D eigenvalue weighted by Gasteiger charge is 2.16. The summed E-state index contributed by atoms with van der Waals surface area (Å²) in [7, 11) is 0. The highest BCUT2D eigenvalue weighted by Crippen LogP contribution is 2.26. The molecular weight excluding hydrogens is 220 g/mol. The Morgan fingerprint density at radius 1 is 1.39 bits per heavy atom. The minimum absolute atomic E-state index is 0.937. The minimum Gasteiger partial charge on any atom is -0.367 e. The Balaban J connectivity index is 1.92. The highest BCUT2D eigenvalue weighted by molar-refractivity contribution is 5.56. The van der Waals surface area contributed by atoms with Crippen LogP contribution in [0.4, 0.5) is 5.69 Å². The van der Waals surface area contributed by atoms with Gasteiger partial charge in [-0.2, -0.15) is 0 Å². The first-order valence-corrected chi connectivity index (χ1v) is 7.01. The van der Waals surface area contributed by atoms with Crippen LogP contribution in [-0.2, 0) is 6.42 Å². The van der Waals surface area contributed by atoms with Crippen LogP contribution in [0.5, 0.6) is 0 Å². The summed E-state index contributed by atoms with van der Waals surface area (Å²) < 4.78 is 0. The summed E-state index contributed by atoms with van der Waals surface area (Å²) in [6.07, 6.45) is 3.65. The van der Waals surface area contributed by atoms with E-state index >= 15 is 0 Å². The van der Waals surface area contributed by atoms with Crippen molar-refractivity contribution in [3.8, 4) is 0 Å². The van der Waals surface area contributed by atoms with Gasteiger partial charge in [0.2, 0.25) is 0 Å². The predicted octanol–water partition coefficient (Wildman–Crippen LogP) is 3.00. The van der Waals surface area contributed by atoms with E-state index in [0.29, 0.717) is 0 Å². The van der Waals surface area contributed by atoms with Crippen LogP contribution < -0.4 is 10.2 Å². The Kier molecular flexibility index (Phi) is 4.82. The zero-order valence-corrected chi connectivity index (χ0v) is 11.4. The predicted molar refractivity (Wildman–Crippen MR) is 79.3 cm³/mol. The second kappa shape index (κ2) is 6.60. The smallest absolute Gasteiger partial charge is 0.0401 e. The van der Waals surface area contributed by atoms with Crippen molar-refractivity contribution in [3.63, 3.8) is 0 Å². The minimum atomic E-state index is 0.937. The standard InChI is InChI=1S/C16H24N2/c1-3-10-17-12-14(2)13-18-11-6-8-15-7-4-5-9-16(15)18/h4-5,7,9,17H,2-3,6,8,10-13H2,1H3. The Hall–Kier alpha value is -1.28. The molecule has 1 aromatic rings. The van der Waals surface area contributed by atoms with Gasteiger partial charge in [0.1, 0.15) is 0 Å². The molecule has 0 saturated heterocycles. The Labute approximate surface area is 111 Å². The monoisotopic (exact) mass is 244 g/mol. The number of benzene rings is 1. The lowest BCUT2D eigenvalue weighted by Gasteiger charge is -2.32. The van der Waals surface area contributed by atoms with Crippen molar-refractivity contribution >= 4 is 5.69 Å². The van der Waals surface area contributed by atoms with E-state index in [-0.39, 0.29) is 0 Å². The van der Waals surface area contributed by atoms with E-state index in [9.17, 15) is 0 Å². The van der Waals surface area contributed by atoms with Gasteiger partial charge in [0.15, 0.2) is 0 Å². The lowest BCUT2D eigenvalue weighted by atomic mass is 10.0. The molecule has 1 aliphatic heterocycles. The van der Waals surface area contributed by atoms with Gasteiger partial charge in [0, 0.05) is 25.3 Å². The normalized spacial score (nSPS) is 14.4. The lowest BCUT2D eigenvalue weighted by Crippen LogP contribution is -2.33. The fraction of sp³-hybridized carbons (Fsp3) is 0.500. The topological polar surface area (TPSA) is 15.3 Å². The van der Waals surface area contributed by atoms with Crippen LogP contribution >= 0.6 is 0 Å². The van der Waals surface area contributed by atoms with Crippen LogP contribution in [0.15, 0.2) is 36.4 Å². The molecule has 1 aliphatic rings. The number of para-hydroxylation sites is 1. The van der Waals surface area contributed by atoms with Crippen LogP contribution in [0.2, 0.25) is 0 Å². The van der Waals surface area contributed by atoms with Crippen molar-refractivity contribution in [1.82, 2.24) is 5.32 Å². The van der Waals surface area contributed by atoms with Gasteiger partial charge in [-0.1, -0.05) is 31.7 Å². The molecule has 0 atom stereocenters. The summed E-state index contributed by atoms with van der Waals surface area (Å²) in [6, 6.07) is 8.76. The maximum absolute atomic E-state index is 4.19. The fourth-order valence-corrected chi connectivity index (χ4v) is 2.54. The highest BCUT2D eigenvalue weighted by atomic mass is 15.1. The zero-order chi connectivity index (χ0) is 12.8. The molecule has 0 spiro atoms. The van der Waals surface area contributed by atoms with E-state index in [1.807, 2.05) is 0 Å². The second-order valence-corrected chi connectivity index (χ2v) is 5.08. The molecule has 1 heterocycles. The number of aryl methyl sites for hydroxylation is 1. The van der Waals surface area contributed by atoms with E-state index in [2.05, 4.69) is 48.0 Å². The van der Waals surface area contributed by atoms with Gasteiger partial charge >= 0.3 is 0 Å². The molecule has 0 aromatic heterocycles. The van der Waals surface area contributed by atoms with Gasteiger partial charge in [-0.3, -0.25) is 0 Å². The first kappa shape index (κ1) is 13.2. The third-order valence-electron chi connectivity index (χ3n) is 3.42. The third kappa shape index (κ3) is 3.36. The maximum atomic E-state index is 4.19. The quantitative estimate of drug-likeness (QED) is 0.611. The Morgan fingerprint density at radius 3 is 3.06 bits per heavy atom. The first-order valence-electron chi connectivity index (χ1n) is 7.01. The molecular formula is C16H24N2. The number of hydrogen-bond acceptors (Lipinski definition) is 2. The van der Waals surface area contributed by atoms with E-state index in [4.69, 9.17) is 0 Å². The number of fused-ring (bicyclic) bond motifs is 1. The molecule has 98 valence electrons. The molecule has 0 saturated carbocycles. The summed E-state index contributed by atoms with van der Waals surface area (Å²) in [5.74, 6) is 0. The third-order valence-corrected chi connectivity index (χ3v) is 3.42. The molecule has 1 aromatic carbocycles. The molecule has 0 fully saturated rings. The van der Waals surface area contributed by atoms with Crippen LogP contribution in [0.3, 0.4) is 0 Å². The number of anilines is 1. The molecule has 0 radical (unpaired) electrons. The lowest BCUT2D eigenvalue weighted by molar-refractivity contribution is 0.677. The van der Waals surface area contributed by atoms with Crippen molar-refractivity contribution in [2.75, 3.05) is 31.1 Å². The van der Waals surface area contributed by atoms with Crippen molar-refractivity contribution in [2.45, 2.75) is 26.2 Å². The summed E-state index contributed by atoms with van der Waals surface area (Å²) in [4.78, 5) is 2.47. The maximum Gasteiger partial charge on any atom is 0.0401 e. The summed E-state index contributed by atoms with van der Waals surface area (Å²) in [6.45, 7) is 10.5. The van der Waals surface area contributed by atoms with Gasteiger partial charge in [0.05, 0.1) is 0 Å². The van der Waals surface area contributed by atoms with Crippen molar-refractivity contribution in [1.29, 1.82) is 0 Å². The van der Waals surface area contributed by atoms with Gasteiger partial charge in [0.25, 0.3) is 0 Å². The number of nitrogens with zero attached hydrogens (tertiary/aromatic N) is 1. The molecule has 0 unspecified atom stereocenters. The molecule has 0 aliphatic carbocycles. The summed E-state index contributed by atoms with van der Waals surface area (Å²) in [5.41, 5.74) is 4.17. The molecule has 18 heavy (non-hydrogen) atoms. The summed E-state index contributed by atoms with van der Waals surface area (Å²) >= 11 is 0. The van der Waals surface area contributed by atoms with Gasteiger partial charge < -0.3 is 10.2 Å². The van der Waals surface area contributed by atoms with Gasteiger partial charge in [-0.05, 0) is 43.0 Å². The molecule has 2 nitrogen and oxygen atoms in total. The van der Waals surface area contributed by atoms with E-state index < -0.39 is 0 Å². The SMILES string of the molecule is C=C(CNCCC)CN1CCCc2ccccc21. The molecule has 0 bridgehead atoms. The van der Waals surface area contributed by atoms with Crippen LogP contribution in [0.1, 0.15) is 25.3 Å². The van der Waals surface area contributed by atoms with Crippen molar-refractivity contribution in [3.05, 3.63) is 42.0 Å². The second-order valence-electron chi connectivity index (χ2n) is 5.08. The van der Waals surface area contributed by atoms with Crippen molar-refractivity contribution < 1.29 is 0 Å². The van der Waals surface area contributed by atoms with Crippen LogP contribution in [-0.4, -0.2) is 26.2 Å². The van der Waals surface area contributed by atoms with Crippen LogP contribution in [0, 0.1) is 0 Å². The van der Waals surface area contributed by atoms with E-state index in [0.717, 1.165) is 26.2 Å². The molecule has 2 rings (SSSR count). The number of hydrogen-bond donors (Lipinski definition) is 1. The van der Waals surface area contributed by atoms with Crippen molar-refractivity contribution in [2.24, 2.45) is 0 Å². The number of rotatable bonds is 6. The molecule has 1 N–H and O–H groups in total. The first-order chi connectivity index (χ1) is 8.81. The van der Waals surface area contributed by atoms with E-state index in [1.54, 1.807) is 0 Å². The largest absolute Gasteiger partial charge is 0.367 e. The zero-order valence-electron chi connectivity index (χ0n) is 11.4. The summed E-state index contributed by atoms with van der Waals surface area (Å²) in [5, 5.41) is 3.42. The Morgan fingerprint density at radius 2 is 2.22 bits per heavy atom. The van der Waals surface area contributed by atoms with Crippen LogP contribution in [0.25, 0.3) is 0 Å².